The number of hydrogen-bond donors (Lipinski definition) is 0. The maximum atomic E-state index is 5.93. The average Bonchev–Trinajstić information content (AvgIpc) is 1.88. The van der Waals surface area contributed by atoms with Gasteiger partial charge >= 0.3 is 0 Å². The third kappa shape index (κ3) is 1.46. The lowest BCUT2D eigenvalue weighted by Gasteiger charge is -2.45. The fraction of sp³-hybridized carbons (Fsp3) is 1.00. The third-order valence-electron chi connectivity index (χ3n) is 1.58. The van der Waals surface area contributed by atoms with E-state index in [1.165, 1.54) is 13.0 Å². The van der Waals surface area contributed by atoms with Crippen molar-refractivity contribution in [2.45, 2.75) is 19.0 Å². The SMILES string of the molecule is CCCN1[SiH2]N(C)C1Cl. The van der Waals surface area contributed by atoms with Gasteiger partial charge in [0.15, 0.2) is 9.84 Å². The Morgan fingerprint density at radius 3 is 2.67 bits per heavy atom. The number of halogens is 1. The molecule has 0 bridgehead atoms. The van der Waals surface area contributed by atoms with E-state index < -0.39 is 0 Å². The number of alkyl halides is 1. The Bertz CT molecular complexity index is 99.0. The van der Waals surface area contributed by atoms with Gasteiger partial charge in [-0.25, -0.2) is 0 Å². The van der Waals surface area contributed by atoms with E-state index in [1.807, 2.05) is 0 Å². The van der Waals surface area contributed by atoms with Crippen molar-refractivity contribution in [3.8, 4) is 0 Å². The van der Waals surface area contributed by atoms with Crippen LogP contribution in [0.5, 0.6) is 0 Å². The lowest BCUT2D eigenvalue weighted by molar-refractivity contribution is 0.191. The maximum absolute atomic E-state index is 5.93. The van der Waals surface area contributed by atoms with Crippen LogP contribution in [0.3, 0.4) is 0 Å². The standard InChI is InChI=1S/C5H13ClN2Si/c1-3-4-8-5(6)7(2)9-8/h5H,3-4,9H2,1-2H3. The van der Waals surface area contributed by atoms with Gasteiger partial charge in [-0.2, -0.15) is 0 Å². The highest BCUT2D eigenvalue weighted by molar-refractivity contribution is 6.39. The third-order valence-corrected chi connectivity index (χ3v) is 4.47. The van der Waals surface area contributed by atoms with Crippen molar-refractivity contribution in [2.75, 3.05) is 13.6 Å². The second-order valence-corrected chi connectivity index (χ2v) is 5.00. The highest BCUT2D eigenvalue weighted by Crippen LogP contribution is 2.17. The van der Waals surface area contributed by atoms with E-state index in [-0.39, 0.29) is 15.5 Å². The molecule has 1 atom stereocenters. The van der Waals surface area contributed by atoms with Crippen molar-refractivity contribution in [2.24, 2.45) is 0 Å². The number of hydrogen-bond acceptors (Lipinski definition) is 2. The van der Waals surface area contributed by atoms with Crippen LogP contribution in [0.2, 0.25) is 0 Å². The van der Waals surface area contributed by atoms with Crippen LogP contribution < -0.4 is 0 Å². The van der Waals surface area contributed by atoms with Crippen LogP contribution in [0.4, 0.5) is 0 Å². The molecule has 2 nitrogen and oxygen atoms in total. The van der Waals surface area contributed by atoms with E-state index in [4.69, 9.17) is 11.6 Å². The summed E-state index contributed by atoms with van der Waals surface area (Å²) in [4.78, 5) is 0. The fourth-order valence-corrected chi connectivity index (χ4v) is 3.04. The summed E-state index contributed by atoms with van der Waals surface area (Å²) in [5.41, 5.74) is 0.219. The summed E-state index contributed by atoms with van der Waals surface area (Å²) in [7, 11) is 2.01. The average molecular weight is 165 g/mol. The van der Waals surface area contributed by atoms with Crippen LogP contribution in [-0.4, -0.2) is 38.2 Å². The Balaban J connectivity index is 2.17. The van der Waals surface area contributed by atoms with Gasteiger partial charge < -0.3 is 0 Å². The van der Waals surface area contributed by atoms with E-state index in [0.29, 0.717) is 0 Å². The maximum Gasteiger partial charge on any atom is 0.177 e. The van der Waals surface area contributed by atoms with Gasteiger partial charge in [0.2, 0.25) is 0 Å². The second kappa shape index (κ2) is 3.01. The van der Waals surface area contributed by atoms with Crippen LogP contribution in [0.15, 0.2) is 0 Å². The first-order valence-electron chi connectivity index (χ1n) is 3.34. The molecule has 0 spiro atoms. The lowest BCUT2D eigenvalue weighted by atomic mass is 10.5. The molecule has 1 aliphatic rings. The Hall–Kier alpha value is 0.427. The van der Waals surface area contributed by atoms with Crippen molar-refractivity contribution in [1.82, 2.24) is 9.13 Å². The molecule has 1 heterocycles. The predicted molar refractivity (Wildman–Crippen MR) is 42.9 cm³/mol. The van der Waals surface area contributed by atoms with Crippen molar-refractivity contribution < 1.29 is 0 Å². The summed E-state index contributed by atoms with van der Waals surface area (Å²) in [6, 6.07) is 0. The van der Waals surface area contributed by atoms with Crippen LogP contribution in [-0.2, 0) is 0 Å². The van der Waals surface area contributed by atoms with Gasteiger partial charge in [-0.15, -0.1) is 0 Å². The molecule has 9 heavy (non-hydrogen) atoms. The van der Waals surface area contributed by atoms with Crippen molar-refractivity contribution in [3.05, 3.63) is 0 Å². The normalized spacial score (nSPS) is 33.0. The molecular formula is C5H13ClN2Si. The van der Waals surface area contributed by atoms with Gasteiger partial charge in [0.25, 0.3) is 0 Å². The van der Waals surface area contributed by atoms with Gasteiger partial charge in [-0.05, 0) is 20.0 Å². The Morgan fingerprint density at radius 2 is 2.33 bits per heavy atom. The summed E-state index contributed by atoms with van der Waals surface area (Å²) in [5, 5.41) is 0. The van der Waals surface area contributed by atoms with E-state index in [0.717, 1.165) is 0 Å². The molecule has 4 heteroatoms. The van der Waals surface area contributed by atoms with E-state index in [9.17, 15) is 0 Å². The minimum Gasteiger partial charge on any atom is -0.292 e. The Labute approximate surface area is 63.8 Å². The van der Waals surface area contributed by atoms with Crippen LogP contribution in [0, 0.1) is 0 Å². The largest absolute Gasteiger partial charge is 0.292 e. The molecule has 1 unspecified atom stereocenters. The summed E-state index contributed by atoms with van der Waals surface area (Å²) in [6.45, 7) is 3.38. The molecular weight excluding hydrogens is 152 g/mol. The summed E-state index contributed by atoms with van der Waals surface area (Å²) in [5.74, 6) is 0. The Kier molecular flexibility index (Phi) is 2.52. The lowest BCUT2D eigenvalue weighted by Crippen LogP contribution is -2.62. The Morgan fingerprint density at radius 1 is 1.67 bits per heavy atom. The summed E-state index contributed by atoms with van der Waals surface area (Å²) < 4.78 is 4.62. The van der Waals surface area contributed by atoms with Gasteiger partial charge in [0.05, 0.1) is 0 Å². The summed E-state index contributed by atoms with van der Waals surface area (Å²) >= 11 is 5.93. The first-order valence-corrected chi connectivity index (χ1v) is 5.04. The molecule has 0 aromatic carbocycles. The van der Waals surface area contributed by atoms with Crippen molar-refractivity contribution in [3.63, 3.8) is 0 Å². The molecule has 1 rings (SSSR count). The minimum absolute atomic E-state index is 0.0804. The molecule has 0 aromatic rings. The van der Waals surface area contributed by atoms with Gasteiger partial charge in [0.1, 0.15) is 5.62 Å². The monoisotopic (exact) mass is 164 g/mol. The summed E-state index contributed by atoms with van der Waals surface area (Å²) in [6.07, 6.45) is 1.23. The molecule has 0 radical (unpaired) electrons. The number of nitrogens with zero attached hydrogens (tertiary/aromatic N) is 2. The molecule has 0 N–H and O–H groups in total. The second-order valence-electron chi connectivity index (χ2n) is 2.52. The topological polar surface area (TPSA) is 6.48 Å². The predicted octanol–water partition coefficient (Wildman–Crippen LogP) is 0.165. The first-order chi connectivity index (χ1) is 4.25. The van der Waals surface area contributed by atoms with Gasteiger partial charge in [-0.1, -0.05) is 18.5 Å². The zero-order chi connectivity index (χ0) is 6.85. The van der Waals surface area contributed by atoms with Crippen molar-refractivity contribution in [1.29, 1.82) is 0 Å². The molecule has 54 valence electrons. The zero-order valence-corrected chi connectivity index (χ0v) is 8.14. The van der Waals surface area contributed by atoms with Gasteiger partial charge in [-0.3, -0.25) is 9.13 Å². The highest BCUT2D eigenvalue weighted by atomic mass is 35.5. The van der Waals surface area contributed by atoms with E-state index >= 15 is 0 Å². The molecule has 1 saturated heterocycles. The van der Waals surface area contributed by atoms with Crippen LogP contribution >= 0.6 is 11.6 Å². The van der Waals surface area contributed by atoms with Crippen LogP contribution in [0.1, 0.15) is 13.3 Å². The zero-order valence-electron chi connectivity index (χ0n) is 5.97. The molecule has 0 saturated carbocycles. The highest BCUT2D eigenvalue weighted by Gasteiger charge is 2.30. The molecule has 0 amide bonds. The smallest absolute Gasteiger partial charge is 0.177 e. The molecule has 1 aliphatic heterocycles. The minimum atomic E-state index is -0.0804. The fourth-order valence-electron chi connectivity index (χ4n) is 1.07. The quantitative estimate of drug-likeness (QED) is 0.326. The molecule has 0 aliphatic carbocycles. The van der Waals surface area contributed by atoms with Crippen molar-refractivity contribution >= 4 is 21.4 Å². The first kappa shape index (κ1) is 7.53. The van der Waals surface area contributed by atoms with Gasteiger partial charge in [0, 0.05) is 0 Å². The van der Waals surface area contributed by atoms with E-state index in [1.54, 1.807) is 0 Å². The molecule has 1 fully saturated rings. The molecule has 0 aromatic heterocycles. The van der Waals surface area contributed by atoms with Crippen LogP contribution in [0.25, 0.3) is 0 Å². The van der Waals surface area contributed by atoms with E-state index in [2.05, 4.69) is 23.1 Å². The number of rotatable bonds is 2.